The third-order valence-corrected chi connectivity index (χ3v) is 5.91. The van der Waals surface area contributed by atoms with Crippen LogP contribution in [0.3, 0.4) is 0 Å². The predicted octanol–water partition coefficient (Wildman–Crippen LogP) is 2.88. The van der Waals surface area contributed by atoms with Crippen molar-refractivity contribution >= 4 is 38.1 Å². The lowest BCUT2D eigenvalue weighted by molar-refractivity contribution is 0.521. The van der Waals surface area contributed by atoms with Crippen molar-refractivity contribution in [1.29, 1.82) is 0 Å². The maximum atomic E-state index is 12.3. The molecule has 0 fully saturated rings. The lowest BCUT2D eigenvalue weighted by atomic mass is 10.2. The summed E-state index contributed by atoms with van der Waals surface area (Å²) in [5.74, 6) is 0.387. The van der Waals surface area contributed by atoms with Crippen LogP contribution in [0.2, 0.25) is 0 Å². The van der Waals surface area contributed by atoms with Gasteiger partial charge in [0.2, 0.25) is 16.0 Å². The summed E-state index contributed by atoms with van der Waals surface area (Å²) >= 11 is 0. The van der Waals surface area contributed by atoms with Gasteiger partial charge in [-0.2, -0.15) is 0 Å². The summed E-state index contributed by atoms with van der Waals surface area (Å²) in [5.41, 5.74) is 2.47. The second-order valence-electron chi connectivity index (χ2n) is 6.06. The predicted molar refractivity (Wildman–Crippen MR) is 101 cm³/mol. The molecule has 2 aromatic carbocycles. The summed E-state index contributed by atoms with van der Waals surface area (Å²) in [5, 5.41) is 8.68. The van der Waals surface area contributed by atoms with Gasteiger partial charge in [-0.25, -0.2) is 22.2 Å². The average Bonchev–Trinajstić information content (AvgIpc) is 3.00. The van der Waals surface area contributed by atoms with E-state index in [1.807, 2.05) is 34.8 Å². The van der Waals surface area contributed by atoms with E-state index in [1.165, 1.54) is 18.4 Å². The fourth-order valence-corrected chi connectivity index (χ4v) is 3.69. The van der Waals surface area contributed by atoms with Crippen molar-refractivity contribution in [3.63, 3.8) is 0 Å². The van der Waals surface area contributed by atoms with Gasteiger partial charge in [0.25, 0.3) is 0 Å². The zero-order chi connectivity index (χ0) is 18.3. The zero-order valence-electron chi connectivity index (χ0n) is 14.3. The summed E-state index contributed by atoms with van der Waals surface area (Å²) < 4.78 is 27.6. The number of benzene rings is 2. The van der Waals surface area contributed by atoms with Gasteiger partial charge in [-0.05, 0) is 30.3 Å². The number of hydrogen-bond donors (Lipinski definition) is 1. The molecule has 0 saturated heterocycles. The number of para-hydroxylation sites is 1. The van der Waals surface area contributed by atoms with Crippen LogP contribution in [0.5, 0.6) is 0 Å². The van der Waals surface area contributed by atoms with Crippen LogP contribution in [0, 0.1) is 0 Å². The minimum absolute atomic E-state index is 0.208. The van der Waals surface area contributed by atoms with E-state index in [1.54, 1.807) is 30.5 Å². The van der Waals surface area contributed by atoms with Gasteiger partial charge in [-0.15, -0.1) is 5.10 Å². The number of hydrogen-bond acceptors (Lipinski definition) is 5. The first-order valence-electron chi connectivity index (χ1n) is 7.98. The van der Waals surface area contributed by atoms with E-state index in [4.69, 9.17) is 0 Å². The van der Waals surface area contributed by atoms with Gasteiger partial charge in [0.1, 0.15) is 0 Å². The summed E-state index contributed by atoms with van der Waals surface area (Å²) in [6, 6.07) is 16.5. The van der Waals surface area contributed by atoms with Crippen LogP contribution in [0.4, 0.5) is 11.6 Å². The quantitative estimate of drug-likeness (QED) is 0.600. The van der Waals surface area contributed by atoms with Gasteiger partial charge in [-0.1, -0.05) is 24.3 Å². The fourth-order valence-electron chi connectivity index (χ4n) is 2.74. The van der Waals surface area contributed by atoms with Crippen molar-refractivity contribution in [3.05, 3.63) is 60.8 Å². The van der Waals surface area contributed by atoms with Gasteiger partial charge in [0.05, 0.1) is 22.1 Å². The molecule has 2 heterocycles. The normalized spacial score (nSPS) is 12.1. The number of aromatic nitrogens is 3. The SMILES string of the molecule is CN(C)S(=O)(=O)c1cccc(Nc2ncc3cc4ccccc4n3n2)c1. The molecule has 0 aliphatic carbocycles. The summed E-state index contributed by atoms with van der Waals surface area (Å²) in [7, 11) is -0.492. The number of nitrogens with zero attached hydrogens (tertiary/aromatic N) is 4. The number of rotatable bonds is 4. The summed E-state index contributed by atoms with van der Waals surface area (Å²) in [6.45, 7) is 0. The highest BCUT2D eigenvalue weighted by atomic mass is 32.2. The van der Waals surface area contributed by atoms with Crippen molar-refractivity contribution in [2.75, 3.05) is 19.4 Å². The second-order valence-corrected chi connectivity index (χ2v) is 8.21. The Hall–Kier alpha value is -2.97. The number of nitrogens with one attached hydrogen (secondary N) is 1. The van der Waals surface area contributed by atoms with Crippen molar-refractivity contribution in [2.24, 2.45) is 0 Å². The number of sulfonamides is 1. The largest absolute Gasteiger partial charge is 0.323 e. The molecule has 2 aromatic heterocycles. The van der Waals surface area contributed by atoms with Crippen molar-refractivity contribution in [1.82, 2.24) is 18.9 Å². The molecule has 0 bridgehead atoms. The minimum atomic E-state index is -3.50. The lowest BCUT2D eigenvalue weighted by Gasteiger charge is -2.12. The molecule has 0 aliphatic heterocycles. The summed E-state index contributed by atoms with van der Waals surface area (Å²) in [6.07, 6.45) is 1.73. The second kappa shape index (κ2) is 6.08. The van der Waals surface area contributed by atoms with Crippen LogP contribution in [0.25, 0.3) is 16.4 Å². The number of fused-ring (bicyclic) bond motifs is 3. The Labute approximate surface area is 150 Å². The Morgan fingerprint density at radius 3 is 2.65 bits per heavy atom. The first kappa shape index (κ1) is 16.5. The van der Waals surface area contributed by atoms with Crippen molar-refractivity contribution < 1.29 is 8.42 Å². The molecule has 0 amide bonds. The molecule has 0 radical (unpaired) electrons. The standard InChI is InChI=1S/C18H17N5O2S/c1-22(2)26(24,25)16-8-5-7-14(11-16)20-18-19-12-15-10-13-6-3-4-9-17(13)23(15)21-18/h3-12H,1-2H3,(H,20,21). The minimum Gasteiger partial charge on any atom is -0.323 e. The molecule has 1 N–H and O–H groups in total. The zero-order valence-corrected chi connectivity index (χ0v) is 15.1. The van der Waals surface area contributed by atoms with Crippen LogP contribution in [-0.4, -0.2) is 41.4 Å². The van der Waals surface area contributed by atoms with Gasteiger partial charge in [-0.3, -0.25) is 0 Å². The van der Waals surface area contributed by atoms with Gasteiger partial charge in [0, 0.05) is 25.2 Å². The molecular formula is C18H17N5O2S. The van der Waals surface area contributed by atoms with Crippen molar-refractivity contribution in [2.45, 2.75) is 4.90 Å². The van der Waals surface area contributed by atoms with E-state index in [9.17, 15) is 8.42 Å². The molecule has 0 aliphatic rings. The van der Waals surface area contributed by atoms with Crippen LogP contribution >= 0.6 is 0 Å². The Balaban J connectivity index is 1.72. The van der Waals surface area contributed by atoms with E-state index in [2.05, 4.69) is 15.4 Å². The molecule has 8 heteroatoms. The molecule has 4 rings (SSSR count). The first-order chi connectivity index (χ1) is 12.4. The maximum Gasteiger partial charge on any atom is 0.245 e. The Kier molecular flexibility index (Phi) is 3.86. The highest BCUT2D eigenvalue weighted by Gasteiger charge is 2.17. The van der Waals surface area contributed by atoms with Gasteiger partial charge < -0.3 is 5.32 Å². The number of anilines is 2. The highest BCUT2D eigenvalue weighted by Crippen LogP contribution is 2.22. The molecule has 4 aromatic rings. The lowest BCUT2D eigenvalue weighted by Crippen LogP contribution is -2.22. The van der Waals surface area contributed by atoms with Crippen LogP contribution in [-0.2, 0) is 10.0 Å². The topological polar surface area (TPSA) is 79.6 Å². The van der Waals surface area contributed by atoms with E-state index in [-0.39, 0.29) is 4.90 Å². The van der Waals surface area contributed by atoms with E-state index in [0.717, 1.165) is 16.4 Å². The third-order valence-electron chi connectivity index (χ3n) is 4.10. The summed E-state index contributed by atoms with van der Waals surface area (Å²) in [4.78, 5) is 4.53. The van der Waals surface area contributed by atoms with Gasteiger partial charge >= 0.3 is 0 Å². The monoisotopic (exact) mass is 367 g/mol. The van der Waals surface area contributed by atoms with E-state index in [0.29, 0.717) is 11.6 Å². The first-order valence-corrected chi connectivity index (χ1v) is 9.42. The fraction of sp³-hybridized carbons (Fsp3) is 0.111. The molecule has 0 spiro atoms. The Bertz CT molecular complexity index is 1210. The molecular weight excluding hydrogens is 350 g/mol. The molecule has 0 unspecified atom stereocenters. The molecule has 26 heavy (non-hydrogen) atoms. The highest BCUT2D eigenvalue weighted by molar-refractivity contribution is 7.89. The smallest absolute Gasteiger partial charge is 0.245 e. The molecule has 0 atom stereocenters. The van der Waals surface area contributed by atoms with Crippen LogP contribution < -0.4 is 5.32 Å². The van der Waals surface area contributed by atoms with Crippen LogP contribution in [0.1, 0.15) is 0 Å². The Morgan fingerprint density at radius 1 is 1.04 bits per heavy atom. The molecule has 0 saturated carbocycles. The van der Waals surface area contributed by atoms with E-state index >= 15 is 0 Å². The average molecular weight is 367 g/mol. The van der Waals surface area contributed by atoms with Crippen LogP contribution in [0.15, 0.2) is 65.7 Å². The van der Waals surface area contributed by atoms with Crippen molar-refractivity contribution in [3.8, 4) is 0 Å². The maximum absolute atomic E-state index is 12.3. The van der Waals surface area contributed by atoms with E-state index < -0.39 is 10.0 Å². The Morgan fingerprint density at radius 2 is 1.85 bits per heavy atom. The third kappa shape index (κ3) is 2.79. The molecule has 132 valence electrons. The molecule has 7 nitrogen and oxygen atoms in total. The van der Waals surface area contributed by atoms with Gasteiger partial charge in [0.15, 0.2) is 0 Å².